The fourth-order valence-corrected chi connectivity index (χ4v) is 3.24. The third kappa shape index (κ3) is 3.73. The van der Waals surface area contributed by atoms with Gasteiger partial charge in [0.1, 0.15) is 5.75 Å². The minimum absolute atomic E-state index is 0.385. The highest BCUT2D eigenvalue weighted by molar-refractivity contribution is 5.30. The Morgan fingerprint density at radius 3 is 2.74 bits per heavy atom. The number of benzene rings is 1. The summed E-state index contributed by atoms with van der Waals surface area (Å²) >= 11 is 0. The number of rotatable bonds is 4. The van der Waals surface area contributed by atoms with Gasteiger partial charge in [-0.25, -0.2) is 0 Å². The van der Waals surface area contributed by atoms with Gasteiger partial charge in [-0.2, -0.15) is 0 Å². The molecule has 0 radical (unpaired) electrons. The van der Waals surface area contributed by atoms with Gasteiger partial charge in [-0.3, -0.25) is 0 Å². The van der Waals surface area contributed by atoms with Gasteiger partial charge >= 0.3 is 0 Å². The molecule has 2 nitrogen and oxygen atoms in total. The van der Waals surface area contributed by atoms with Crippen LogP contribution in [0, 0.1) is 11.8 Å². The Balaban J connectivity index is 1.98. The quantitative estimate of drug-likeness (QED) is 0.878. The number of hydrogen-bond donors (Lipinski definition) is 1. The monoisotopic (exact) mass is 261 g/mol. The molecule has 106 valence electrons. The molecule has 19 heavy (non-hydrogen) atoms. The van der Waals surface area contributed by atoms with Crippen LogP contribution in [0.4, 0.5) is 0 Å². The first-order valence-electron chi connectivity index (χ1n) is 7.50. The number of methoxy groups -OCH3 is 1. The molecule has 1 aromatic carbocycles. The summed E-state index contributed by atoms with van der Waals surface area (Å²) < 4.78 is 5.30. The van der Waals surface area contributed by atoms with Crippen molar-refractivity contribution in [1.29, 1.82) is 0 Å². The van der Waals surface area contributed by atoms with Crippen molar-refractivity contribution in [1.82, 2.24) is 5.32 Å². The molecule has 1 saturated carbocycles. The molecule has 4 atom stereocenters. The molecule has 1 N–H and O–H groups in total. The van der Waals surface area contributed by atoms with Gasteiger partial charge in [-0.1, -0.05) is 26.0 Å². The average molecular weight is 261 g/mol. The third-order valence-electron chi connectivity index (χ3n) is 4.49. The molecule has 0 bridgehead atoms. The molecule has 1 aliphatic carbocycles. The highest BCUT2D eigenvalue weighted by atomic mass is 16.5. The van der Waals surface area contributed by atoms with Crippen LogP contribution in [0.15, 0.2) is 24.3 Å². The predicted octanol–water partition coefficient (Wildman–Crippen LogP) is 4.17. The van der Waals surface area contributed by atoms with Crippen molar-refractivity contribution in [2.45, 2.75) is 52.1 Å². The first kappa shape index (κ1) is 14.4. The zero-order chi connectivity index (χ0) is 13.8. The topological polar surface area (TPSA) is 21.3 Å². The highest BCUT2D eigenvalue weighted by Crippen LogP contribution is 2.30. The van der Waals surface area contributed by atoms with Gasteiger partial charge in [0.15, 0.2) is 0 Å². The lowest BCUT2D eigenvalue weighted by molar-refractivity contribution is 0.216. The van der Waals surface area contributed by atoms with Crippen molar-refractivity contribution >= 4 is 0 Å². The first-order chi connectivity index (χ1) is 9.10. The van der Waals surface area contributed by atoms with Crippen LogP contribution in [-0.2, 0) is 0 Å². The molecule has 0 saturated heterocycles. The maximum Gasteiger partial charge on any atom is 0.119 e. The van der Waals surface area contributed by atoms with E-state index in [0.717, 1.165) is 17.6 Å². The highest BCUT2D eigenvalue weighted by Gasteiger charge is 2.26. The predicted molar refractivity (Wildman–Crippen MR) is 80.5 cm³/mol. The Hall–Kier alpha value is -1.02. The van der Waals surface area contributed by atoms with E-state index >= 15 is 0 Å². The zero-order valence-electron chi connectivity index (χ0n) is 12.6. The van der Waals surface area contributed by atoms with Gasteiger partial charge in [-0.15, -0.1) is 0 Å². The summed E-state index contributed by atoms with van der Waals surface area (Å²) in [4.78, 5) is 0. The summed E-state index contributed by atoms with van der Waals surface area (Å²) in [6.07, 6.45) is 4.01. The van der Waals surface area contributed by atoms with Gasteiger partial charge in [0, 0.05) is 12.1 Å². The summed E-state index contributed by atoms with van der Waals surface area (Å²) in [6.45, 7) is 7.00. The van der Waals surface area contributed by atoms with E-state index in [9.17, 15) is 0 Å². The zero-order valence-corrected chi connectivity index (χ0v) is 12.6. The molecule has 0 aromatic heterocycles. The molecular weight excluding hydrogens is 234 g/mol. The van der Waals surface area contributed by atoms with Crippen LogP contribution >= 0.6 is 0 Å². The van der Waals surface area contributed by atoms with E-state index in [1.165, 1.54) is 24.8 Å². The Morgan fingerprint density at radius 1 is 1.26 bits per heavy atom. The lowest BCUT2D eigenvalue weighted by Crippen LogP contribution is -2.40. The molecule has 1 aliphatic rings. The maximum atomic E-state index is 5.30. The molecule has 0 amide bonds. The summed E-state index contributed by atoms with van der Waals surface area (Å²) in [5, 5.41) is 3.80. The number of hydrogen-bond acceptors (Lipinski definition) is 2. The second kappa shape index (κ2) is 6.42. The Morgan fingerprint density at radius 2 is 2.05 bits per heavy atom. The van der Waals surface area contributed by atoms with Crippen molar-refractivity contribution in [2.24, 2.45) is 11.8 Å². The van der Waals surface area contributed by atoms with E-state index in [1.807, 2.05) is 6.07 Å². The second-order valence-corrected chi connectivity index (χ2v) is 6.17. The van der Waals surface area contributed by atoms with Crippen molar-refractivity contribution in [3.8, 4) is 5.75 Å². The molecule has 2 rings (SSSR count). The lowest BCUT2D eigenvalue weighted by Gasteiger charge is -2.35. The van der Waals surface area contributed by atoms with Crippen molar-refractivity contribution in [3.05, 3.63) is 29.8 Å². The van der Waals surface area contributed by atoms with Crippen molar-refractivity contribution in [2.75, 3.05) is 7.11 Å². The standard InChI is InChI=1S/C17H27NO/c1-12-8-9-17(13(2)10-12)18-14(3)15-6-5-7-16(11-15)19-4/h5-7,11-14,17-18H,8-10H2,1-4H3. The molecule has 2 heteroatoms. The van der Waals surface area contributed by atoms with Gasteiger partial charge in [-0.05, 0) is 55.7 Å². The van der Waals surface area contributed by atoms with E-state index in [0.29, 0.717) is 12.1 Å². The van der Waals surface area contributed by atoms with Crippen molar-refractivity contribution in [3.63, 3.8) is 0 Å². The molecule has 1 fully saturated rings. The second-order valence-electron chi connectivity index (χ2n) is 6.17. The van der Waals surface area contributed by atoms with Gasteiger partial charge in [0.25, 0.3) is 0 Å². The molecule has 0 aliphatic heterocycles. The Labute approximate surface area is 117 Å². The molecule has 0 spiro atoms. The van der Waals surface area contributed by atoms with Gasteiger partial charge in [0.05, 0.1) is 7.11 Å². The maximum absolute atomic E-state index is 5.30. The van der Waals surface area contributed by atoms with E-state index in [2.05, 4.69) is 44.3 Å². The summed E-state index contributed by atoms with van der Waals surface area (Å²) in [5.41, 5.74) is 1.31. The first-order valence-corrected chi connectivity index (χ1v) is 7.50. The van der Waals surface area contributed by atoms with E-state index in [1.54, 1.807) is 7.11 Å². The largest absolute Gasteiger partial charge is 0.497 e. The van der Waals surface area contributed by atoms with Crippen LogP contribution in [0.5, 0.6) is 5.75 Å². The van der Waals surface area contributed by atoms with Gasteiger partial charge in [0.2, 0.25) is 0 Å². The summed E-state index contributed by atoms with van der Waals surface area (Å²) in [6, 6.07) is 9.41. The van der Waals surface area contributed by atoms with E-state index in [4.69, 9.17) is 4.74 Å². The van der Waals surface area contributed by atoms with Crippen LogP contribution in [0.25, 0.3) is 0 Å². The normalized spacial score (nSPS) is 28.9. The van der Waals surface area contributed by atoms with Crippen LogP contribution in [0.3, 0.4) is 0 Å². The fourth-order valence-electron chi connectivity index (χ4n) is 3.24. The van der Waals surface area contributed by atoms with E-state index < -0.39 is 0 Å². The van der Waals surface area contributed by atoms with Crippen LogP contribution in [0.1, 0.15) is 51.6 Å². The smallest absolute Gasteiger partial charge is 0.119 e. The van der Waals surface area contributed by atoms with Crippen LogP contribution < -0.4 is 10.1 Å². The molecule has 0 heterocycles. The Bertz CT molecular complexity index is 404. The average Bonchev–Trinajstić information content (AvgIpc) is 2.42. The molecule has 4 unspecified atom stereocenters. The molecule has 1 aromatic rings. The molecular formula is C17H27NO. The summed E-state index contributed by atoms with van der Waals surface area (Å²) in [5.74, 6) is 2.61. The fraction of sp³-hybridized carbons (Fsp3) is 0.647. The lowest BCUT2D eigenvalue weighted by atomic mass is 9.79. The minimum Gasteiger partial charge on any atom is -0.497 e. The number of ether oxygens (including phenoxy) is 1. The van der Waals surface area contributed by atoms with E-state index in [-0.39, 0.29) is 0 Å². The minimum atomic E-state index is 0.385. The summed E-state index contributed by atoms with van der Waals surface area (Å²) in [7, 11) is 1.72. The van der Waals surface area contributed by atoms with Crippen LogP contribution in [-0.4, -0.2) is 13.2 Å². The van der Waals surface area contributed by atoms with Gasteiger partial charge < -0.3 is 10.1 Å². The SMILES string of the molecule is COc1cccc(C(C)NC2CCC(C)CC2C)c1. The number of nitrogens with one attached hydrogen (secondary N) is 1. The van der Waals surface area contributed by atoms with Crippen molar-refractivity contribution < 1.29 is 4.74 Å². The Kier molecular flexibility index (Phi) is 4.87. The third-order valence-corrected chi connectivity index (χ3v) is 4.49. The van der Waals surface area contributed by atoms with Crippen LogP contribution in [0.2, 0.25) is 0 Å².